The van der Waals surface area contributed by atoms with Crippen molar-refractivity contribution in [3.63, 3.8) is 0 Å². The summed E-state index contributed by atoms with van der Waals surface area (Å²) < 4.78 is 38.3. The van der Waals surface area contributed by atoms with E-state index in [1.54, 1.807) is 11.8 Å². The topological polar surface area (TPSA) is 63.4 Å². The second kappa shape index (κ2) is 5.70. The van der Waals surface area contributed by atoms with Crippen LogP contribution in [0.25, 0.3) is 0 Å². The number of benzene rings is 1. The van der Waals surface area contributed by atoms with Gasteiger partial charge in [0.2, 0.25) is 10.0 Å². The van der Waals surface area contributed by atoms with Crippen molar-refractivity contribution in [1.29, 1.82) is 0 Å². The van der Waals surface area contributed by atoms with Gasteiger partial charge in [0.15, 0.2) is 0 Å². The van der Waals surface area contributed by atoms with Gasteiger partial charge in [0.05, 0.1) is 10.6 Å². The number of thioether (sulfide) groups is 1. The van der Waals surface area contributed by atoms with Gasteiger partial charge in [-0.25, -0.2) is 17.1 Å². The Morgan fingerprint density at radius 3 is 2.65 bits per heavy atom. The van der Waals surface area contributed by atoms with Gasteiger partial charge < -0.3 is 5.73 Å². The number of nitrogen functional groups attached to an aromatic ring is 1. The summed E-state index contributed by atoms with van der Waals surface area (Å²) in [6.45, 7) is 0.404. The second-order valence-electron chi connectivity index (χ2n) is 3.50. The fourth-order valence-electron chi connectivity index (χ4n) is 1.20. The van der Waals surface area contributed by atoms with Gasteiger partial charge in [-0.1, -0.05) is 0 Å². The molecule has 2 N–H and O–H groups in total. The van der Waals surface area contributed by atoms with Gasteiger partial charge in [0.1, 0.15) is 5.82 Å². The number of rotatable bonds is 5. The number of nitrogens with zero attached hydrogens (tertiary/aromatic N) is 1. The van der Waals surface area contributed by atoms with Crippen LogP contribution in [0.15, 0.2) is 23.1 Å². The van der Waals surface area contributed by atoms with Crippen LogP contribution in [-0.4, -0.2) is 38.3 Å². The van der Waals surface area contributed by atoms with Gasteiger partial charge in [0.25, 0.3) is 0 Å². The first kappa shape index (κ1) is 14.3. The lowest BCUT2D eigenvalue weighted by molar-refractivity contribution is 0.488. The SMILES string of the molecule is CSCCN(C)S(=O)(=O)c1ccc(F)c(N)c1. The predicted molar refractivity (Wildman–Crippen MR) is 69.0 cm³/mol. The molecule has 0 amide bonds. The highest BCUT2D eigenvalue weighted by Crippen LogP contribution is 2.19. The highest BCUT2D eigenvalue weighted by molar-refractivity contribution is 7.98. The van der Waals surface area contributed by atoms with Gasteiger partial charge in [-0.15, -0.1) is 0 Å². The molecule has 1 aromatic rings. The number of anilines is 1. The second-order valence-corrected chi connectivity index (χ2v) is 6.53. The van der Waals surface area contributed by atoms with E-state index in [1.165, 1.54) is 17.4 Å². The molecule has 0 unspecified atom stereocenters. The summed E-state index contributed by atoms with van der Waals surface area (Å²) in [5.41, 5.74) is 5.19. The lowest BCUT2D eigenvalue weighted by Gasteiger charge is -2.16. The molecule has 17 heavy (non-hydrogen) atoms. The summed E-state index contributed by atoms with van der Waals surface area (Å²) in [5.74, 6) is 0.0857. The molecule has 0 aliphatic carbocycles. The first-order valence-corrected chi connectivity index (χ1v) is 7.73. The van der Waals surface area contributed by atoms with E-state index in [2.05, 4.69) is 0 Å². The first-order chi connectivity index (χ1) is 7.89. The minimum Gasteiger partial charge on any atom is -0.396 e. The zero-order valence-electron chi connectivity index (χ0n) is 9.68. The molecule has 0 bridgehead atoms. The largest absolute Gasteiger partial charge is 0.396 e. The molecule has 0 heterocycles. The Balaban J connectivity index is 3.00. The van der Waals surface area contributed by atoms with Crippen LogP contribution in [0.5, 0.6) is 0 Å². The van der Waals surface area contributed by atoms with Crippen molar-refractivity contribution < 1.29 is 12.8 Å². The van der Waals surface area contributed by atoms with Crippen molar-refractivity contribution >= 4 is 27.5 Å². The Morgan fingerprint density at radius 2 is 2.12 bits per heavy atom. The summed E-state index contributed by atoms with van der Waals surface area (Å²) >= 11 is 1.56. The average Bonchev–Trinajstić information content (AvgIpc) is 2.29. The molecule has 7 heteroatoms. The van der Waals surface area contributed by atoms with Crippen LogP contribution in [0.4, 0.5) is 10.1 Å². The molecule has 1 rings (SSSR count). The van der Waals surface area contributed by atoms with Gasteiger partial charge in [-0.3, -0.25) is 0 Å². The number of sulfonamides is 1. The molecule has 1 aromatic carbocycles. The van der Waals surface area contributed by atoms with Gasteiger partial charge >= 0.3 is 0 Å². The first-order valence-electron chi connectivity index (χ1n) is 4.90. The van der Waals surface area contributed by atoms with E-state index >= 15 is 0 Å². The van der Waals surface area contributed by atoms with E-state index in [0.717, 1.165) is 12.1 Å². The Kier molecular flexibility index (Phi) is 4.79. The summed E-state index contributed by atoms with van der Waals surface area (Å²) in [6, 6.07) is 3.42. The van der Waals surface area contributed by atoms with Crippen LogP contribution in [0.2, 0.25) is 0 Å². The minimum absolute atomic E-state index is 0.0139. The van der Waals surface area contributed by atoms with E-state index in [0.29, 0.717) is 12.3 Å². The standard InChI is InChI=1S/C10H15FN2O2S2/c1-13(5-6-16-2)17(14,15)8-3-4-9(11)10(12)7-8/h3-4,7H,5-6,12H2,1-2H3. The molecule has 0 aromatic heterocycles. The van der Waals surface area contributed by atoms with Crippen molar-refractivity contribution in [3.05, 3.63) is 24.0 Å². The summed E-state index contributed by atoms with van der Waals surface area (Å²) in [7, 11) is -2.09. The maximum absolute atomic E-state index is 13.0. The molecule has 0 saturated heterocycles. The molecule has 0 spiro atoms. The van der Waals surface area contributed by atoms with Crippen LogP contribution in [0, 0.1) is 5.82 Å². The molecule has 4 nitrogen and oxygen atoms in total. The van der Waals surface area contributed by atoms with E-state index < -0.39 is 15.8 Å². The van der Waals surface area contributed by atoms with E-state index in [4.69, 9.17) is 5.73 Å². The minimum atomic E-state index is -3.58. The van der Waals surface area contributed by atoms with Crippen LogP contribution in [0.3, 0.4) is 0 Å². The third kappa shape index (κ3) is 3.34. The van der Waals surface area contributed by atoms with Crippen molar-refractivity contribution in [2.24, 2.45) is 0 Å². The molecule has 0 aliphatic rings. The van der Waals surface area contributed by atoms with E-state index in [9.17, 15) is 12.8 Å². The predicted octanol–water partition coefficient (Wildman–Crippen LogP) is 1.39. The summed E-state index contributed by atoms with van der Waals surface area (Å²) in [4.78, 5) is 0.0139. The maximum atomic E-state index is 13.0. The van der Waals surface area contributed by atoms with Crippen LogP contribution in [-0.2, 0) is 10.0 Å². The number of hydrogen-bond donors (Lipinski definition) is 1. The number of hydrogen-bond acceptors (Lipinski definition) is 4. The van der Waals surface area contributed by atoms with Gasteiger partial charge in [-0.05, 0) is 24.5 Å². The molecule has 0 radical (unpaired) electrons. The van der Waals surface area contributed by atoms with Crippen LogP contribution < -0.4 is 5.73 Å². The Labute approximate surface area is 105 Å². The van der Waals surface area contributed by atoms with Crippen molar-refractivity contribution in [2.45, 2.75) is 4.90 Å². The fourth-order valence-corrected chi connectivity index (χ4v) is 2.98. The zero-order valence-corrected chi connectivity index (χ0v) is 11.3. The molecule has 0 fully saturated rings. The quantitative estimate of drug-likeness (QED) is 0.827. The van der Waals surface area contributed by atoms with E-state index in [-0.39, 0.29) is 10.6 Å². The monoisotopic (exact) mass is 278 g/mol. The Bertz CT molecular complexity index is 491. The van der Waals surface area contributed by atoms with Crippen LogP contribution in [0.1, 0.15) is 0 Å². The fraction of sp³-hybridized carbons (Fsp3) is 0.400. The van der Waals surface area contributed by atoms with Gasteiger partial charge in [0, 0.05) is 19.3 Å². The summed E-state index contributed by atoms with van der Waals surface area (Å²) in [5, 5.41) is 0. The molecule has 0 saturated carbocycles. The lowest BCUT2D eigenvalue weighted by atomic mass is 10.3. The van der Waals surface area contributed by atoms with Crippen LogP contribution >= 0.6 is 11.8 Å². The lowest BCUT2D eigenvalue weighted by Crippen LogP contribution is -2.29. The summed E-state index contributed by atoms with van der Waals surface area (Å²) in [6.07, 6.45) is 1.90. The average molecular weight is 278 g/mol. The van der Waals surface area contributed by atoms with Crippen molar-refractivity contribution in [1.82, 2.24) is 4.31 Å². The molecular formula is C10H15FN2O2S2. The molecule has 96 valence electrons. The molecule has 0 aliphatic heterocycles. The third-order valence-corrected chi connectivity index (χ3v) is 4.73. The van der Waals surface area contributed by atoms with Gasteiger partial charge in [-0.2, -0.15) is 11.8 Å². The highest BCUT2D eigenvalue weighted by Gasteiger charge is 2.20. The molecule has 0 atom stereocenters. The molecular weight excluding hydrogens is 263 g/mol. The van der Waals surface area contributed by atoms with E-state index in [1.807, 2.05) is 6.26 Å². The Hall–Kier alpha value is -0.790. The highest BCUT2D eigenvalue weighted by atomic mass is 32.2. The Morgan fingerprint density at radius 1 is 1.47 bits per heavy atom. The van der Waals surface area contributed by atoms with Crippen molar-refractivity contribution in [2.75, 3.05) is 31.3 Å². The smallest absolute Gasteiger partial charge is 0.242 e. The zero-order chi connectivity index (χ0) is 13.1. The normalized spacial score (nSPS) is 12.0. The maximum Gasteiger partial charge on any atom is 0.242 e. The third-order valence-electron chi connectivity index (χ3n) is 2.29. The number of nitrogens with two attached hydrogens (primary N) is 1. The number of halogens is 1. The van der Waals surface area contributed by atoms with Crippen molar-refractivity contribution in [3.8, 4) is 0 Å².